The molecule has 0 saturated carbocycles. The number of carbonyl (C=O) groups excluding carboxylic acids is 2. The topological polar surface area (TPSA) is 89.1 Å². The quantitative estimate of drug-likeness (QED) is 0.382. The van der Waals surface area contributed by atoms with Crippen LogP contribution >= 0.6 is 0 Å². The number of likely N-dealkylation sites (tertiary alicyclic amines) is 1. The molecule has 2 heterocycles. The molecular weight excluding hydrogens is 356 g/mol. The van der Waals surface area contributed by atoms with Crippen molar-refractivity contribution in [1.29, 1.82) is 0 Å². The number of urea groups is 1. The maximum atomic E-state index is 11.6. The van der Waals surface area contributed by atoms with Crippen LogP contribution in [0.25, 0.3) is 0 Å². The molecule has 28 heavy (non-hydrogen) atoms. The van der Waals surface area contributed by atoms with Gasteiger partial charge in [-0.15, -0.1) is 0 Å². The number of rotatable bonds is 6. The number of piperidine rings is 1. The van der Waals surface area contributed by atoms with E-state index in [1.54, 1.807) is 7.05 Å². The Morgan fingerprint density at radius 1 is 1.29 bits per heavy atom. The molecule has 0 aliphatic carbocycles. The Bertz CT molecular complexity index is 692. The molecule has 0 radical (unpaired) electrons. The third kappa shape index (κ3) is 5.22. The smallest absolute Gasteiger partial charge is 0.324 e. The molecule has 3 amide bonds. The van der Waals surface area contributed by atoms with E-state index in [4.69, 9.17) is 0 Å². The third-order valence-electron chi connectivity index (χ3n) is 5.37. The zero-order valence-corrected chi connectivity index (χ0v) is 16.6. The first-order chi connectivity index (χ1) is 13.6. The number of nitrogens with zero attached hydrogens (tertiary/aromatic N) is 3. The standard InChI is InChI=1S/C20H30N6O2/c1-15-12-17(8-10-25(15)14-16-6-4-3-5-7-16)24-19(21-2)22-9-11-26-18(27)13-23-20(26)28/h3-7,15,17H,8-14H2,1-2H3,(H,23,28)(H2,21,22,24). The maximum Gasteiger partial charge on any atom is 0.324 e. The number of imide groups is 1. The van der Waals surface area contributed by atoms with Gasteiger partial charge in [0.05, 0.1) is 6.54 Å². The Hall–Kier alpha value is -2.61. The van der Waals surface area contributed by atoms with Crippen molar-refractivity contribution in [2.45, 2.75) is 38.4 Å². The fourth-order valence-corrected chi connectivity index (χ4v) is 3.76. The predicted molar refractivity (Wildman–Crippen MR) is 109 cm³/mol. The van der Waals surface area contributed by atoms with Crippen LogP contribution in [-0.4, -0.2) is 73.0 Å². The maximum absolute atomic E-state index is 11.6. The predicted octanol–water partition coefficient (Wildman–Crippen LogP) is 0.756. The summed E-state index contributed by atoms with van der Waals surface area (Å²) in [5.74, 6) is 0.523. The highest BCUT2D eigenvalue weighted by Crippen LogP contribution is 2.19. The molecule has 3 N–H and O–H groups in total. The van der Waals surface area contributed by atoms with Crippen LogP contribution in [0.15, 0.2) is 35.3 Å². The minimum atomic E-state index is -0.325. The van der Waals surface area contributed by atoms with Gasteiger partial charge in [-0.2, -0.15) is 0 Å². The molecule has 1 aromatic carbocycles. The Balaban J connectivity index is 1.42. The highest BCUT2D eigenvalue weighted by atomic mass is 16.2. The van der Waals surface area contributed by atoms with Crippen LogP contribution in [0.1, 0.15) is 25.3 Å². The van der Waals surface area contributed by atoms with Crippen molar-refractivity contribution in [2.24, 2.45) is 4.99 Å². The molecule has 3 rings (SSSR count). The Labute approximate surface area is 166 Å². The van der Waals surface area contributed by atoms with E-state index in [1.165, 1.54) is 10.5 Å². The van der Waals surface area contributed by atoms with Crippen molar-refractivity contribution >= 4 is 17.9 Å². The summed E-state index contributed by atoms with van der Waals surface area (Å²) in [5, 5.41) is 9.20. The lowest BCUT2D eigenvalue weighted by molar-refractivity contribution is -0.124. The van der Waals surface area contributed by atoms with E-state index in [1.807, 2.05) is 6.07 Å². The van der Waals surface area contributed by atoms with Gasteiger partial charge in [-0.25, -0.2) is 4.79 Å². The van der Waals surface area contributed by atoms with Gasteiger partial charge in [0.25, 0.3) is 0 Å². The number of amides is 3. The molecule has 2 aliphatic rings. The molecule has 2 aliphatic heterocycles. The van der Waals surface area contributed by atoms with Gasteiger partial charge in [-0.3, -0.25) is 19.6 Å². The van der Waals surface area contributed by atoms with Crippen molar-refractivity contribution in [1.82, 2.24) is 25.8 Å². The third-order valence-corrected chi connectivity index (χ3v) is 5.37. The van der Waals surface area contributed by atoms with Gasteiger partial charge in [0, 0.05) is 45.3 Å². The van der Waals surface area contributed by atoms with Crippen LogP contribution in [0.3, 0.4) is 0 Å². The molecular formula is C20H30N6O2. The second kappa shape index (κ2) is 9.54. The van der Waals surface area contributed by atoms with Crippen LogP contribution in [0.4, 0.5) is 4.79 Å². The highest BCUT2D eigenvalue weighted by Gasteiger charge is 2.28. The molecule has 2 atom stereocenters. The van der Waals surface area contributed by atoms with Crippen molar-refractivity contribution in [3.8, 4) is 0 Å². The summed E-state index contributed by atoms with van der Waals surface area (Å²) in [6, 6.07) is 11.1. The summed E-state index contributed by atoms with van der Waals surface area (Å²) in [4.78, 5) is 31.2. The zero-order chi connectivity index (χ0) is 19.9. The second-order valence-electron chi connectivity index (χ2n) is 7.37. The summed E-state index contributed by atoms with van der Waals surface area (Å²) in [6.45, 7) is 5.18. The number of nitrogens with one attached hydrogen (secondary N) is 3. The summed E-state index contributed by atoms with van der Waals surface area (Å²) in [5.41, 5.74) is 1.35. The van der Waals surface area contributed by atoms with E-state index in [9.17, 15) is 9.59 Å². The molecule has 0 aromatic heterocycles. The van der Waals surface area contributed by atoms with E-state index >= 15 is 0 Å². The number of hydrogen-bond acceptors (Lipinski definition) is 4. The number of benzene rings is 1. The van der Waals surface area contributed by atoms with Gasteiger partial charge >= 0.3 is 6.03 Å². The van der Waals surface area contributed by atoms with Crippen molar-refractivity contribution in [2.75, 3.05) is 33.2 Å². The van der Waals surface area contributed by atoms with Crippen LogP contribution in [-0.2, 0) is 11.3 Å². The van der Waals surface area contributed by atoms with Gasteiger partial charge in [0.1, 0.15) is 0 Å². The first kappa shape index (κ1) is 20.1. The first-order valence-corrected chi connectivity index (χ1v) is 9.90. The second-order valence-corrected chi connectivity index (χ2v) is 7.37. The van der Waals surface area contributed by atoms with Crippen LogP contribution in [0.5, 0.6) is 0 Å². The highest BCUT2D eigenvalue weighted by molar-refractivity contribution is 6.01. The van der Waals surface area contributed by atoms with Crippen LogP contribution in [0, 0.1) is 0 Å². The van der Waals surface area contributed by atoms with Gasteiger partial charge in [-0.1, -0.05) is 30.3 Å². The minimum Gasteiger partial charge on any atom is -0.355 e. The zero-order valence-electron chi connectivity index (χ0n) is 16.6. The Morgan fingerprint density at radius 2 is 2.07 bits per heavy atom. The molecule has 0 spiro atoms. The number of hydrogen-bond donors (Lipinski definition) is 3. The normalized spacial score (nSPS) is 23.6. The molecule has 1 aromatic rings. The fourth-order valence-electron chi connectivity index (χ4n) is 3.76. The number of carbonyl (C=O) groups is 2. The van der Waals surface area contributed by atoms with E-state index < -0.39 is 0 Å². The SMILES string of the molecule is CN=C(NCCN1C(=O)CNC1=O)NC1CCN(Cc2ccccc2)C(C)C1. The molecule has 2 saturated heterocycles. The molecule has 2 unspecified atom stereocenters. The van der Waals surface area contributed by atoms with Crippen LogP contribution < -0.4 is 16.0 Å². The van der Waals surface area contributed by atoms with Crippen molar-refractivity contribution < 1.29 is 9.59 Å². The van der Waals surface area contributed by atoms with Gasteiger partial charge in [-0.05, 0) is 25.3 Å². The summed E-state index contributed by atoms with van der Waals surface area (Å²) in [6.07, 6.45) is 2.09. The van der Waals surface area contributed by atoms with Crippen molar-refractivity contribution in [3.05, 3.63) is 35.9 Å². The minimum absolute atomic E-state index is 0.0885. The van der Waals surface area contributed by atoms with E-state index in [0.29, 0.717) is 31.1 Å². The molecule has 0 bridgehead atoms. The monoisotopic (exact) mass is 386 g/mol. The van der Waals surface area contributed by atoms with E-state index in [0.717, 1.165) is 25.9 Å². The largest absolute Gasteiger partial charge is 0.355 e. The summed E-state index contributed by atoms with van der Waals surface area (Å²) < 4.78 is 0. The van der Waals surface area contributed by atoms with Gasteiger partial charge in [0.2, 0.25) is 5.91 Å². The van der Waals surface area contributed by atoms with Crippen LogP contribution in [0.2, 0.25) is 0 Å². The average molecular weight is 387 g/mol. The Morgan fingerprint density at radius 3 is 2.71 bits per heavy atom. The molecule has 8 heteroatoms. The number of guanidine groups is 1. The van der Waals surface area contributed by atoms with Crippen molar-refractivity contribution in [3.63, 3.8) is 0 Å². The molecule has 8 nitrogen and oxygen atoms in total. The molecule has 152 valence electrons. The summed E-state index contributed by atoms with van der Waals surface area (Å²) >= 11 is 0. The van der Waals surface area contributed by atoms with E-state index in [-0.39, 0.29) is 18.5 Å². The fraction of sp³-hybridized carbons (Fsp3) is 0.550. The lowest BCUT2D eigenvalue weighted by Crippen LogP contribution is -2.52. The Kier molecular flexibility index (Phi) is 6.86. The lowest BCUT2D eigenvalue weighted by atomic mass is 9.97. The number of aliphatic imine (C=N–C) groups is 1. The lowest BCUT2D eigenvalue weighted by Gasteiger charge is -2.38. The molecule has 2 fully saturated rings. The first-order valence-electron chi connectivity index (χ1n) is 9.90. The summed E-state index contributed by atoms with van der Waals surface area (Å²) in [7, 11) is 1.73. The van der Waals surface area contributed by atoms with Gasteiger partial charge in [0.15, 0.2) is 5.96 Å². The van der Waals surface area contributed by atoms with E-state index in [2.05, 4.69) is 57.0 Å². The average Bonchev–Trinajstić information content (AvgIpc) is 3.02. The van der Waals surface area contributed by atoms with Gasteiger partial charge < -0.3 is 16.0 Å².